The minimum Gasteiger partial charge on any atom is -0.330 e. The van der Waals surface area contributed by atoms with Crippen LogP contribution in [0.1, 0.15) is 49.8 Å². The molecule has 0 spiro atoms. The second-order valence-electron chi connectivity index (χ2n) is 6.25. The van der Waals surface area contributed by atoms with Gasteiger partial charge in [0.15, 0.2) is 0 Å². The third-order valence-corrected chi connectivity index (χ3v) is 4.25. The lowest BCUT2D eigenvalue weighted by atomic mass is 9.87. The molecule has 0 aliphatic heterocycles. The summed E-state index contributed by atoms with van der Waals surface area (Å²) >= 11 is 0. The summed E-state index contributed by atoms with van der Waals surface area (Å²) in [6.45, 7) is 9.34. The van der Waals surface area contributed by atoms with Crippen LogP contribution in [0.15, 0.2) is 18.2 Å². The van der Waals surface area contributed by atoms with Gasteiger partial charge in [0, 0.05) is 12.8 Å². The first-order valence-electron chi connectivity index (χ1n) is 7.72. The van der Waals surface area contributed by atoms with Crippen molar-refractivity contribution >= 4 is 5.78 Å². The summed E-state index contributed by atoms with van der Waals surface area (Å²) in [4.78, 5) is 12.1. The molecule has 0 aromatic heterocycles. The highest BCUT2D eigenvalue weighted by Crippen LogP contribution is 2.21. The van der Waals surface area contributed by atoms with Gasteiger partial charge in [-0.1, -0.05) is 32.0 Å². The monoisotopic (exact) mass is 275 g/mol. The first-order valence-corrected chi connectivity index (χ1v) is 7.72. The van der Waals surface area contributed by atoms with Crippen molar-refractivity contribution in [2.24, 2.45) is 17.6 Å². The maximum absolute atomic E-state index is 12.1. The fourth-order valence-corrected chi connectivity index (χ4v) is 2.60. The van der Waals surface area contributed by atoms with Crippen molar-refractivity contribution in [2.45, 2.75) is 53.4 Å². The molecule has 112 valence electrons. The molecule has 1 aromatic carbocycles. The molecule has 1 atom stereocenters. The van der Waals surface area contributed by atoms with E-state index in [1.165, 1.54) is 11.1 Å². The van der Waals surface area contributed by atoms with Gasteiger partial charge in [-0.25, -0.2) is 0 Å². The lowest BCUT2D eigenvalue weighted by Gasteiger charge is -2.19. The minimum absolute atomic E-state index is 0.343. The second kappa shape index (κ2) is 8.21. The van der Waals surface area contributed by atoms with Gasteiger partial charge in [0.25, 0.3) is 0 Å². The topological polar surface area (TPSA) is 43.1 Å². The maximum Gasteiger partial charge on any atom is 0.137 e. The quantitative estimate of drug-likeness (QED) is 0.784. The van der Waals surface area contributed by atoms with Crippen LogP contribution >= 0.6 is 0 Å². The Morgan fingerprint density at radius 2 is 1.85 bits per heavy atom. The minimum atomic E-state index is 0.343. The van der Waals surface area contributed by atoms with Crippen molar-refractivity contribution in [2.75, 3.05) is 6.54 Å². The van der Waals surface area contributed by atoms with Crippen molar-refractivity contribution in [3.63, 3.8) is 0 Å². The molecule has 1 unspecified atom stereocenters. The number of hydrogen-bond donors (Lipinski definition) is 1. The lowest BCUT2D eigenvalue weighted by molar-refractivity contribution is -0.118. The molecule has 2 heteroatoms. The molecule has 2 nitrogen and oxygen atoms in total. The van der Waals surface area contributed by atoms with Gasteiger partial charge in [0.1, 0.15) is 5.78 Å². The summed E-state index contributed by atoms with van der Waals surface area (Å²) in [5.74, 6) is 1.52. The van der Waals surface area contributed by atoms with E-state index < -0.39 is 0 Å². The predicted octanol–water partition coefficient (Wildman–Crippen LogP) is 3.82. The van der Waals surface area contributed by atoms with Gasteiger partial charge < -0.3 is 5.73 Å². The van der Waals surface area contributed by atoms with E-state index in [0.29, 0.717) is 37.0 Å². The highest BCUT2D eigenvalue weighted by Gasteiger charge is 2.14. The number of Topliss-reactive ketones (excluding diaryl/α,β-unsaturated/α-hetero) is 1. The number of aryl methyl sites for hydroxylation is 2. The van der Waals surface area contributed by atoms with Crippen LogP contribution in [0.25, 0.3) is 0 Å². The van der Waals surface area contributed by atoms with Gasteiger partial charge in [-0.2, -0.15) is 0 Å². The second-order valence-corrected chi connectivity index (χ2v) is 6.25. The van der Waals surface area contributed by atoms with E-state index in [4.69, 9.17) is 5.73 Å². The zero-order chi connectivity index (χ0) is 15.1. The van der Waals surface area contributed by atoms with Crippen molar-refractivity contribution in [1.82, 2.24) is 0 Å². The standard InChI is InChI=1S/C18H29NO/c1-13(2)17(9-10-19)7-8-18(20)12-16-6-5-14(3)15(4)11-16/h5-6,11,13,17H,7-10,12,19H2,1-4H3. The number of carbonyl (C=O) groups excluding carboxylic acids is 1. The number of ketones is 1. The average Bonchev–Trinajstić information content (AvgIpc) is 2.38. The fourth-order valence-electron chi connectivity index (χ4n) is 2.60. The zero-order valence-corrected chi connectivity index (χ0v) is 13.4. The van der Waals surface area contributed by atoms with Crippen LogP contribution < -0.4 is 5.73 Å². The van der Waals surface area contributed by atoms with Crippen molar-refractivity contribution < 1.29 is 4.79 Å². The Morgan fingerprint density at radius 3 is 2.40 bits per heavy atom. The molecule has 0 fully saturated rings. The van der Waals surface area contributed by atoms with E-state index in [-0.39, 0.29) is 0 Å². The Hall–Kier alpha value is -1.15. The highest BCUT2D eigenvalue weighted by molar-refractivity contribution is 5.80. The number of nitrogens with two attached hydrogens (primary N) is 1. The summed E-state index contributed by atoms with van der Waals surface area (Å²) in [6.07, 6.45) is 3.23. The fraction of sp³-hybridized carbons (Fsp3) is 0.611. The van der Waals surface area contributed by atoms with E-state index >= 15 is 0 Å². The van der Waals surface area contributed by atoms with Gasteiger partial charge in [0.2, 0.25) is 0 Å². The zero-order valence-electron chi connectivity index (χ0n) is 13.4. The number of carbonyl (C=O) groups is 1. The summed E-state index contributed by atoms with van der Waals surface area (Å²) in [5.41, 5.74) is 9.32. The van der Waals surface area contributed by atoms with Crippen molar-refractivity contribution in [3.05, 3.63) is 34.9 Å². The van der Waals surface area contributed by atoms with E-state index in [2.05, 4.69) is 45.9 Å². The number of rotatable bonds is 8. The Balaban J connectivity index is 2.48. The highest BCUT2D eigenvalue weighted by atomic mass is 16.1. The first kappa shape index (κ1) is 16.9. The first-order chi connectivity index (χ1) is 9.43. The van der Waals surface area contributed by atoms with Crippen LogP contribution in [0, 0.1) is 25.7 Å². The summed E-state index contributed by atoms with van der Waals surface area (Å²) in [5, 5.41) is 0. The molecule has 0 saturated carbocycles. The largest absolute Gasteiger partial charge is 0.330 e. The Bertz CT molecular complexity index is 437. The molecule has 0 saturated heterocycles. The van der Waals surface area contributed by atoms with Gasteiger partial charge in [-0.05, 0) is 61.8 Å². The number of benzene rings is 1. The van der Waals surface area contributed by atoms with Crippen LogP contribution in [0.3, 0.4) is 0 Å². The third-order valence-electron chi connectivity index (χ3n) is 4.25. The Kier molecular flexibility index (Phi) is 6.94. The molecule has 0 heterocycles. The summed E-state index contributed by atoms with van der Waals surface area (Å²) in [6, 6.07) is 6.30. The predicted molar refractivity (Wildman–Crippen MR) is 85.9 cm³/mol. The molecule has 0 aliphatic carbocycles. The van der Waals surface area contributed by atoms with Gasteiger partial charge in [-0.3, -0.25) is 4.79 Å². The van der Waals surface area contributed by atoms with Crippen LogP contribution in [-0.2, 0) is 11.2 Å². The normalized spacial score (nSPS) is 12.7. The van der Waals surface area contributed by atoms with E-state index in [0.717, 1.165) is 18.4 Å². The molecule has 0 bridgehead atoms. The maximum atomic E-state index is 12.1. The Labute approximate surface area is 123 Å². The SMILES string of the molecule is Cc1ccc(CC(=O)CCC(CCN)C(C)C)cc1C. The summed E-state index contributed by atoms with van der Waals surface area (Å²) in [7, 11) is 0. The molecule has 2 N–H and O–H groups in total. The van der Waals surface area contributed by atoms with E-state index in [1.807, 2.05) is 0 Å². The molecule has 1 aromatic rings. The van der Waals surface area contributed by atoms with Crippen LogP contribution in [0.4, 0.5) is 0 Å². The number of hydrogen-bond acceptors (Lipinski definition) is 2. The lowest BCUT2D eigenvalue weighted by Crippen LogP contribution is -2.16. The molecule has 0 radical (unpaired) electrons. The Morgan fingerprint density at radius 1 is 1.15 bits per heavy atom. The van der Waals surface area contributed by atoms with Crippen molar-refractivity contribution in [3.8, 4) is 0 Å². The van der Waals surface area contributed by atoms with Gasteiger partial charge in [0.05, 0.1) is 0 Å². The van der Waals surface area contributed by atoms with Crippen LogP contribution in [-0.4, -0.2) is 12.3 Å². The molecule has 0 aliphatic rings. The molecule has 20 heavy (non-hydrogen) atoms. The molecular formula is C18H29NO. The summed E-state index contributed by atoms with van der Waals surface area (Å²) < 4.78 is 0. The average molecular weight is 275 g/mol. The van der Waals surface area contributed by atoms with Gasteiger partial charge in [-0.15, -0.1) is 0 Å². The molecule has 1 rings (SSSR count). The van der Waals surface area contributed by atoms with Crippen molar-refractivity contribution in [1.29, 1.82) is 0 Å². The molecule has 0 amide bonds. The smallest absolute Gasteiger partial charge is 0.137 e. The molecular weight excluding hydrogens is 246 g/mol. The third kappa shape index (κ3) is 5.46. The van der Waals surface area contributed by atoms with Crippen LogP contribution in [0.5, 0.6) is 0 Å². The van der Waals surface area contributed by atoms with Gasteiger partial charge >= 0.3 is 0 Å². The van der Waals surface area contributed by atoms with Crippen LogP contribution in [0.2, 0.25) is 0 Å². The van der Waals surface area contributed by atoms with E-state index in [9.17, 15) is 4.79 Å². The van der Waals surface area contributed by atoms with E-state index in [1.54, 1.807) is 0 Å².